The zero-order chi connectivity index (χ0) is 12.8. The summed E-state index contributed by atoms with van der Waals surface area (Å²) in [5.74, 6) is 0.155. The van der Waals surface area contributed by atoms with Crippen LogP contribution in [-0.4, -0.2) is 28.7 Å². The lowest BCUT2D eigenvalue weighted by Gasteiger charge is -2.17. The van der Waals surface area contributed by atoms with E-state index in [1.54, 1.807) is 18.3 Å². The van der Waals surface area contributed by atoms with Gasteiger partial charge in [0.15, 0.2) is 0 Å². The zero-order valence-electron chi connectivity index (χ0n) is 9.81. The summed E-state index contributed by atoms with van der Waals surface area (Å²) in [6, 6.07) is 3.36. The molecule has 1 aromatic heterocycles. The van der Waals surface area contributed by atoms with E-state index in [1.165, 1.54) is 11.8 Å². The second-order valence-electron chi connectivity index (χ2n) is 3.88. The highest BCUT2D eigenvalue weighted by atomic mass is 35.5. The molecule has 0 saturated heterocycles. The van der Waals surface area contributed by atoms with Crippen molar-refractivity contribution in [1.29, 1.82) is 0 Å². The molecule has 1 atom stereocenters. The maximum absolute atomic E-state index is 11.2. The van der Waals surface area contributed by atoms with Gasteiger partial charge >= 0.3 is 0 Å². The number of pyridine rings is 1. The summed E-state index contributed by atoms with van der Waals surface area (Å²) in [5.41, 5.74) is 5.32. The van der Waals surface area contributed by atoms with E-state index >= 15 is 0 Å². The van der Waals surface area contributed by atoms with Crippen molar-refractivity contribution < 1.29 is 4.79 Å². The topological polar surface area (TPSA) is 68.0 Å². The van der Waals surface area contributed by atoms with Crippen LogP contribution < -0.4 is 11.1 Å². The van der Waals surface area contributed by atoms with Crippen LogP contribution in [0.3, 0.4) is 0 Å². The average Bonchev–Trinajstić information content (AvgIpc) is 2.25. The van der Waals surface area contributed by atoms with Crippen LogP contribution in [-0.2, 0) is 4.79 Å². The van der Waals surface area contributed by atoms with Crippen LogP contribution in [0.25, 0.3) is 0 Å². The number of halogens is 1. The normalized spacial score (nSPS) is 12.7. The van der Waals surface area contributed by atoms with E-state index < -0.39 is 0 Å². The summed E-state index contributed by atoms with van der Waals surface area (Å²) < 4.78 is 0. The Morgan fingerprint density at radius 1 is 1.65 bits per heavy atom. The number of primary amides is 1. The average molecular weight is 274 g/mol. The molecule has 3 N–H and O–H groups in total. The van der Waals surface area contributed by atoms with Crippen LogP contribution >= 0.6 is 23.4 Å². The number of hydrogen-bond donors (Lipinski definition) is 2. The quantitative estimate of drug-likeness (QED) is 0.774. The van der Waals surface area contributed by atoms with Gasteiger partial charge in [-0.1, -0.05) is 25.4 Å². The molecule has 0 bridgehead atoms. The molecule has 1 heterocycles. The number of thioether (sulfide) groups is 1. The van der Waals surface area contributed by atoms with E-state index in [9.17, 15) is 4.79 Å². The van der Waals surface area contributed by atoms with Gasteiger partial charge in [-0.3, -0.25) is 4.79 Å². The van der Waals surface area contributed by atoms with E-state index in [0.717, 1.165) is 0 Å². The predicted octanol–water partition coefficient (Wildman–Crippen LogP) is 1.68. The van der Waals surface area contributed by atoms with Gasteiger partial charge < -0.3 is 11.1 Å². The molecule has 17 heavy (non-hydrogen) atoms. The number of carbonyl (C=O) groups excluding carboxylic acids is 1. The first kappa shape index (κ1) is 14.3. The molecule has 0 spiro atoms. The molecule has 1 amide bonds. The number of nitrogens with two attached hydrogens (primary N) is 1. The number of carbonyl (C=O) groups is 1. The maximum Gasteiger partial charge on any atom is 0.235 e. The minimum atomic E-state index is -0.377. The number of nitrogens with one attached hydrogen (secondary N) is 1. The SMILES string of the molecule is CC(C)NC(CSc1ncccc1Cl)C(N)=O. The van der Waals surface area contributed by atoms with Crippen LogP contribution in [0.2, 0.25) is 5.02 Å². The van der Waals surface area contributed by atoms with E-state index in [2.05, 4.69) is 10.3 Å². The molecule has 1 aromatic rings. The van der Waals surface area contributed by atoms with E-state index in [1.807, 2.05) is 13.8 Å². The Morgan fingerprint density at radius 2 is 2.35 bits per heavy atom. The Kier molecular flexibility index (Phi) is 5.74. The fourth-order valence-corrected chi connectivity index (χ4v) is 2.47. The van der Waals surface area contributed by atoms with Gasteiger partial charge in [-0.2, -0.15) is 0 Å². The summed E-state index contributed by atoms with van der Waals surface area (Å²) >= 11 is 7.39. The predicted molar refractivity (Wildman–Crippen MR) is 71.2 cm³/mol. The van der Waals surface area contributed by atoms with Gasteiger partial charge in [-0.15, -0.1) is 11.8 Å². The van der Waals surface area contributed by atoms with E-state index in [-0.39, 0.29) is 18.0 Å². The highest BCUT2D eigenvalue weighted by Crippen LogP contribution is 2.24. The van der Waals surface area contributed by atoms with Crippen molar-refractivity contribution in [2.75, 3.05) is 5.75 Å². The van der Waals surface area contributed by atoms with Crippen molar-refractivity contribution >= 4 is 29.3 Å². The number of hydrogen-bond acceptors (Lipinski definition) is 4. The minimum absolute atomic E-state index is 0.201. The van der Waals surface area contributed by atoms with Crippen molar-refractivity contribution in [2.24, 2.45) is 5.73 Å². The standard InChI is InChI=1S/C11H16ClN3OS/c1-7(2)15-9(10(13)16)6-17-11-8(12)4-3-5-14-11/h3-5,7,9,15H,6H2,1-2H3,(H2,13,16). The Balaban J connectivity index is 2.58. The molecule has 4 nitrogen and oxygen atoms in total. The highest BCUT2D eigenvalue weighted by molar-refractivity contribution is 7.99. The molecule has 94 valence electrons. The highest BCUT2D eigenvalue weighted by Gasteiger charge is 2.17. The first-order valence-electron chi connectivity index (χ1n) is 5.29. The summed E-state index contributed by atoms with van der Waals surface area (Å²) in [5, 5.41) is 4.40. The van der Waals surface area contributed by atoms with Gasteiger partial charge in [0, 0.05) is 18.0 Å². The monoisotopic (exact) mass is 273 g/mol. The third-order valence-electron chi connectivity index (χ3n) is 1.99. The van der Waals surface area contributed by atoms with Crippen molar-refractivity contribution in [3.8, 4) is 0 Å². The molecular weight excluding hydrogens is 258 g/mol. The van der Waals surface area contributed by atoms with Gasteiger partial charge in [-0.25, -0.2) is 4.98 Å². The lowest BCUT2D eigenvalue weighted by molar-refractivity contribution is -0.119. The van der Waals surface area contributed by atoms with Gasteiger partial charge in [0.1, 0.15) is 5.03 Å². The first-order valence-corrected chi connectivity index (χ1v) is 6.65. The van der Waals surface area contributed by atoms with Gasteiger partial charge in [-0.05, 0) is 12.1 Å². The Hall–Kier alpha value is -0.780. The van der Waals surface area contributed by atoms with Crippen LogP contribution in [0.15, 0.2) is 23.4 Å². The van der Waals surface area contributed by atoms with E-state index in [0.29, 0.717) is 15.8 Å². The molecule has 0 aliphatic carbocycles. The third-order valence-corrected chi connectivity index (χ3v) is 3.51. The molecule has 1 rings (SSSR count). The molecular formula is C11H16ClN3OS. The summed E-state index contributed by atoms with van der Waals surface area (Å²) in [6.07, 6.45) is 1.67. The van der Waals surface area contributed by atoms with E-state index in [4.69, 9.17) is 17.3 Å². The molecule has 0 aliphatic heterocycles. The smallest absolute Gasteiger partial charge is 0.235 e. The first-order chi connectivity index (χ1) is 8.00. The van der Waals surface area contributed by atoms with Crippen LogP contribution in [0, 0.1) is 0 Å². The molecule has 0 fully saturated rings. The fourth-order valence-electron chi connectivity index (χ4n) is 1.25. The molecule has 0 saturated carbocycles. The van der Waals surface area contributed by atoms with Gasteiger partial charge in [0.05, 0.1) is 11.1 Å². The number of aromatic nitrogens is 1. The molecule has 1 unspecified atom stereocenters. The summed E-state index contributed by atoms with van der Waals surface area (Å²) in [4.78, 5) is 15.4. The van der Waals surface area contributed by atoms with Crippen LogP contribution in [0.1, 0.15) is 13.8 Å². The summed E-state index contributed by atoms with van der Waals surface area (Å²) in [6.45, 7) is 3.93. The Morgan fingerprint density at radius 3 is 2.88 bits per heavy atom. The molecule has 0 aliphatic rings. The van der Waals surface area contributed by atoms with Crippen LogP contribution in [0.4, 0.5) is 0 Å². The van der Waals surface area contributed by atoms with Crippen LogP contribution in [0.5, 0.6) is 0 Å². The number of rotatable bonds is 6. The zero-order valence-corrected chi connectivity index (χ0v) is 11.4. The minimum Gasteiger partial charge on any atom is -0.368 e. The Bertz CT molecular complexity index is 387. The largest absolute Gasteiger partial charge is 0.368 e. The van der Waals surface area contributed by atoms with Crippen molar-refractivity contribution in [2.45, 2.75) is 31.0 Å². The Labute approximate surface area is 110 Å². The van der Waals surface area contributed by atoms with Crippen molar-refractivity contribution in [3.05, 3.63) is 23.4 Å². The molecule has 0 radical (unpaired) electrons. The second kappa shape index (κ2) is 6.83. The lowest BCUT2D eigenvalue weighted by Crippen LogP contribution is -2.46. The number of amides is 1. The maximum atomic E-state index is 11.2. The van der Waals surface area contributed by atoms with Crippen molar-refractivity contribution in [1.82, 2.24) is 10.3 Å². The lowest BCUT2D eigenvalue weighted by atomic mass is 10.3. The van der Waals surface area contributed by atoms with Crippen molar-refractivity contribution in [3.63, 3.8) is 0 Å². The fraction of sp³-hybridized carbons (Fsp3) is 0.455. The second-order valence-corrected chi connectivity index (χ2v) is 5.29. The summed E-state index contributed by atoms with van der Waals surface area (Å²) in [7, 11) is 0. The number of nitrogens with zero attached hydrogens (tertiary/aromatic N) is 1. The van der Waals surface area contributed by atoms with Gasteiger partial charge in [0.2, 0.25) is 5.91 Å². The molecule has 6 heteroatoms. The third kappa shape index (κ3) is 4.93. The molecule has 0 aromatic carbocycles. The van der Waals surface area contributed by atoms with Gasteiger partial charge in [0.25, 0.3) is 0 Å².